The number of hydrogen-bond acceptors (Lipinski definition) is 6. The molecule has 0 bridgehead atoms. The van der Waals surface area contributed by atoms with Crippen LogP contribution in [-0.4, -0.2) is 50.9 Å². The van der Waals surface area contributed by atoms with Crippen LogP contribution < -0.4 is 0 Å². The summed E-state index contributed by atoms with van der Waals surface area (Å²) in [6.45, 7) is 5.36. The van der Waals surface area contributed by atoms with Crippen LogP contribution in [0.4, 0.5) is 4.39 Å². The molecule has 0 radical (unpaired) electrons. The van der Waals surface area contributed by atoms with Crippen molar-refractivity contribution in [1.82, 2.24) is 9.78 Å². The van der Waals surface area contributed by atoms with Crippen LogP contribution in [0.1, 0.15) is 70.1 Å². The van der Waals surface area contributed by atoms with E-state index in [2.05, 4.69) is 37.7 Å². The average molecular weight is 595 g/mol. The molecule has 0 spiro atoms. The predicted octanol–water partition coefficient (Wildman–Crippen LogP) is 5.33. The van der Waals surface area contributed by atoms with Gasteiger partial charge in [-0.15, -0.1) is 12.6 Å². The van der Waals surface area contributed by atoms with E-state index in [9.17, 15) is 19.1 Å². The maximum Gasteiger partial charge on any atom is 0.310 e. The Morgan fingerprint density at radius 2 is 1.88 bits per heavy atom. The molecule has 4 aliphatic carbocycles. The van der Waals surface area contributed by atoms with Gasteiger partial charge < -0.3 is 14.6 Å². The number of carbonyl (C=O) groups is 2. The summed E-state index contributed by atoms with van der Waals surface area (Å²) >= 11 is 4.33. The second-order valence-electron chi connectivity index (χ2n) is 13.7. The first kappa shape index (κ1) is 28.3. The molecule has 2 aromatic rings. The van der Waals surface area contributed by atoms with Crippen LogP contribution in [0.3, 0.4) is 0 Å². The Bertz CT molecular complexity index is 1450. The molecule has 0 amide bonds. The van der Waals surface area contributed by atoms with Crippen molar-refractivity contribution in [3.05, 3.63) is 53.1 Å². The Hall–Kier alpha value is -2.49. The van der Waals surface area contributed by atoms with E-state index in [1.165, 1.54) is 17.7 Å². The molecule has 3 saturated carbocycles. The normalized spacial score (nSPS) is 37.6. The molecule has 1 aromatic heterocycles. The number of halogens is 1. The van der Waals surface area contributed by atoms with Gasteiger partial charge in [-0.2, -0.15) is 5.10 Å². The fourth-order valence-corrected chi connectivity index (χ4v) is 10.1. The lowest BCUT2D eigenvalue weighted by Gasteiger charge is -2.60. The van der Waals surface area contributed by atoms with Crippen LogP contribution >= 0.6 is 12.6 Å². The Morgan fingerprint density at radius 1 is 1.14 bits per heavy atom. The van der Waals surface area contributed by atoms with Crippen molar-refractivity contribution in [1.29, 1.82) is 0 Å². The molecule has 7 nitrogen and oxygen atoms in total. The van der Waals surface area contributed by atoms with Crippen LogP contribution in [0, 0.1) is 40.3 Å². The first-order valence-electron chi connectivity index (χ1n) is 15.3. The molecule has 0 unspecified atom stereocenters. The molecule has 1 aromatic carbocycles. The summed E-state index contributed by atoms with van der Waals surface area (Å²) in [5.74, 6) is -0.568. The highest BCUT2D eigenvalue weighted by Gasteiger charge is 2.70. The molecule has 5 aliphatic rings. The SMILES string of the molecule is C[C@]12Cc3cnn(-c4ccc(F)cc4)c3C=C1CC[C@@H]1[C@@H]2[C@@H](O)C[C@@]2(C)[C@H]1CC[C@]2(OC(=O)C1CCOCC1)C(=O)S. The van der Waals surface area contributed by atoms with E-state index >= 15 is 0 Å². The average Bonchev–Trinajstić information content (AvgIpc) is 3.50. The van der Waals surface area contributed by atoms with Crippen LogP contribution in [0.2, 0.25) is 0 Å². The summed E-state index contributed by atoms with van der Waals surface area (Å²) in [5.41, 5.74) is 1.96. The monoisotopic (exact) mass is 594 g/mol. The number of fused-ring (bicyclic) bond motifs is 6. The molecule has 9 heteroatoms. The number of aliphatic hydroxyl groups is 1. The van der Waals surface area contributed by atoms with Gasteiger partial charge in [0.05, 0.1) is 29.6 Å². The number of esters is 1. The third-order valence-corrected chi connectivity index (χ3v) is 12.2. The maximum atomic E-state index is 13.6. The third kappa shape index (κ3) is 4.02. The molecule has 4 fully saturated rings. The molecule has 7 rings (SSSR count). The van der Waals surface area contributed by atoms with Crippen molar-refractivity contribution < 1.29 is 28.6 Å². The first-order valence-corrected chi connectivity index (χ1v) is 15.8. The number of rotatable bonds is 4. The molecule has 1 aliphatic heterocycles. The zero-order chi connectivity index (χ0) is 29.4. The van der Waals surface area contributed by atoms with Gasteiger partial charge in [0.1, 0.15) is 5.82 Å². The fraction of sp³-hybridized carbons (Fsp3) is 0.606. The first-order chi connectivity index (χ1) is 20.1. The summed E-state index contributed by atoms with van der Waals surface area (Å²) < 4.78 is 27.1. The highest BCUT2D eigenvalue weighted by molar-refractivity contribution is 7.96. The number of thiol groups is 1. The molecular formula is C33H39FN2O5S. The van der Waals surface area contributed by atoms with Gasteiger partial charge in [-0.05, 0) is 110 Å². The summed E-state index contributed by atoms with van der Waals surface area (Å²) in [6.07, 6.45) is 8.79. The second kappa shape index (κ2) is 10.0. The molecule has 2 heterocycles. The minimum absolute atomic E-state index is 0.00918. The molecular weight excluding hydrogens is 555 g/mol. The van der Waals surface area contributed by atoms with Crippen molar-refractivity contribution in [2.24, 2.45) is 34.5 Å². The molecule has 1 N–H and O–H groups in total. The number of carbonyl (C=O) groups excluding carboxylic acids is 2. The quantitative estimate of drug-likeness (QED) is 0.368. The lowest BCUT2D eigenvalue weighted by Crippen LogP contribution is -2.62. The van der Waals surface area contributed by atoms with E-state index in [-0.39, 0.29) is 40.9 Å². The van der Waals surface area contributed by atoms with Crippen molar-refractivity contribution in [3.63, 3.8) is 0 Å². The van der Waals surface area contributed by atoms with Crippen LogP contribution in [-0.2, 0) is 25.5 Å². The second-order valence-corrected chi connectivity index (χ2v) is 14.1. The van der Waals surface area contributed by atoms with Gasteiger partial charge in [-0.1, -0.05) is 19.4 Å². The zero-order valence-corrected chi connectivity index (χ0v) is 25.1. The van der Waals surface area contributed by atoms with Crippen LogP contribution in [0.15, 0.2) is 36.0 Å². The Balaban J connectivity index is 1.20. The van der Waals surface area contributed by atoms with Crippen molar-refractivity contribution in [2.75, 3.05) is 13.2 Å². The maximum absolute atomic E-state index is 13.6. The summed E-state index contributed by atoms with van der Waals surface area (Å²) in [4.78, 5) is 26.7. The van der Waals surface area contributed by atoms with E-state index in [0.717, 1.165) is 42.6 Å². The van der Waals surface area contributed by atoms with Crippen LogP contribution in [0.25, 0.3) is 11.8 Å². The Kier molecular flexibility index (Phi) is 6.75. The summed E-state index contributed by atoms with van der Waals surface area (Å²) in [6, 6.07) is 6.37. The molecule has 42 heavy (non-hydrogen) atoms. The summed E-state index contributed by atoms with van der Waals surface area (Å²) in [5, 5.41) is 16.3. The van der Waals surface area contributed by atoms with Gasteiger partial charge in [0, 0.05) is 18.6 Å². The lowest BCUT2D eigenvalue weighted by molar-refractivity contribution is -0.200. The van der Waals surface area contributed by atoms with Crippen molar-refractivity contribution in [3.8, 4) is 5.69 Å². The van der Waals surface area contributed by atoms with Gasteiger partial charge >= 0.3 is 5.97 Å². The van der Waals surface area contributed by atoms with E-state index in [4.69, 9.17) is 9.47 Å². The number of aromatic nitrogens is 2. The standard InChI is InChI=1S/C33H39FN2O5S/c1-31-16-20-18-35-36(23-6-4-22(34)5-7-23)26(20)15-21(31)3-8-24-25-9-12-33(30(39)42,32(25,2)17-27(37)28(24)31)41-29(38)19-10-13-40-14-11-19/h4-7,15,18-19,24-25,27-28,37H,3,8-14,16-17H2,1-2H3,(H,39,42)/t24-,25-,27-,28+,31-,32-,33-/m0/s1. The van der Waals surface area contributed by atoms with Crippen molar-refractivity contribution in [2.45, 2.75) is 76.9 Å². The molecule has 7 atom stereocenters. The van der Waals surface area contributed by atoms with E-state index in [1.807, 2.05) is 10.9 Å². The minimum atomic E-state index is -1.34. The number of allylic oxidation sites excluding steroid dienone is 1. The number of aliphatic hydroxyl groups excluding tert-OH is 1. The van der Waals surface area contributed by atoms with E-state index in [1.54, 1.807) is 12.1 Å². The Labute approximate surface area is 251 Å². The van der Waals surface area contributed by atoms with Crippen molar-refractivity contribution >= 4 is 29.8 Å². The molecule has 1 saturated heterocycles. The van der Waals surface area contributed by atoms with E-state index < -0.39 is 22.2 Å². The number of benzene rings is 1. The van der Waals surface area contributed by atoms with Crippen LogP contribution in [0.5, 0.6) is 0 Å². The number of hydrogen-bond donors (Lipinski definition) is 2. The minimum Gasteiger partial charge on any atom is -0.449 e. The predicted molar refractivity (Wildman–Crippen MR) is 157 cm³/mol. The van der Waals surface area contributed by atoms with Gasteiger partial charge in [-0.25, -0.2) is 9.07 Å². The summed E-state index contributed by atoms with van der Waals surface area (Å²) in [7, 11) is 0. The number of ether oxygens (including phenoxy) is 2. The largest absolute Gasteiger partial charge is 0.449 e. The van der Waals surface area contributed by atoms with Gasteiger partial charge in [-0.3, -0.25) is 9.59 Å². The van der Waals surface area contributed by atoms with E-state index in [0.29, 0.717) is 38.9 Å². The third-order valence-electron chi connectivity index (χ3n) is 11.8. The zero-order valence-electron chi connectivity index (χ0n) is 24.2. The smallest absolute Gasteiger partial charge is 0.310 e. The van der Waals surface area contributed by atoms with Gasteiger partial charge in [0.2, 0.25) is 5.12 Å². The number of nitrogens with zero attached hydrogens (tertiary/aromatic N) is 2. The highest BCUT2D eigenvalue weighted by Crippen LogP contribution is 2.68. The topological polar surface area (TPSA) is 90.7 Å². The fourth-order valence-electron chi connectivity index (χ4n) is 9.71. The Morgan fingerprint density at radius 3 is 2.60 bits per heavy atom. The molecule has 224 valence electrons. The lowest BCUT2D eigenvalue weighted by atomic mass is 9.45. The van der Waals surface area contributed by atoms with Gasteiger partial charge in [0.25, 0.3) is 0 Å². The van der Waals surface area contributed by atoms with Gasteiger partial charge in [0.15, 0.2) is 5.60 Å². The highest BCUT2D eigenvalue weighted by atomic mass is 32.1.